The van der Waals surface area contributed by atoms with Crippen molar-refractivity contribution in [1.82, 2.24) is 10.2 Å². The number of fused-ring (bicyclic) bond motifs is 3. The third-order valence-electron chi connectivity index (χ3n) is 6.97. The summed E-state index contributed by atoms with van der Waals surface area (Å²) < 4.78 is 30.5. The number of aliphatic hydroxyl groups is 3. The Morgan fingerprint density at radius 2 is 1.95 bits per heavy atom. The van der Waals surface area contributed by atoms with Crippen molar-refractivity contribution in [3.8, 4) is 11.5 Å². The molecule has 2 aromatic carbocycles. The number of methoxy groups -OCH3 is 2. The Morgan fingerprint density at radius 1 is 1.15 bits per heavy atom. The van der Waals surface area contributed by atoms with Gasteiger partial charge in [-0.05, 0) is 47.9 Å². The number of hydrogen-bond acceptors (Lipinski definition) is 8. The van der Waals surface area contributed by atoms with Crippen LogP contribution in [0, 0.1) is 5.82 Å². The van der Waals surface area contributed by atoms with Gasteiger partial charge in [-0.15, -0.1) is 0 Å². The predicted octanol–water partition coefficient (Wildman–Crippen LogP) is 0.667. The summed E-state index contributed by atoms with van der Waals surface area (Å²) in [4.78, 5) is 27.9. The fourth-order valence-corrected chi connectivity index (χ4v) is 5.21. The van der Waals surface area contributed by atoms with Crippen molar-refractivity contribution in [2.75, 3.05) is 40.5 Å². The van der Waals surface area contributed by atoms with Crippen molar-refractivity contribution < 1.29 is 43.5 Å². The van der Waals surface area contributed by atoms with Crippen LogP contribution in [0.25, 0.3) is 0 Å². The first-order valence-corrected chi connectivity index (χ1v) is 12.6. The van der Waals surface area contributed by atoms with Gasteiger partial charge < -0.3 is 39.7 Å². The second-order valence-electron chi connectivity index (χ2n) is 9.42. The number of carbonyl (C=O) groups is 2. The third kappa shape index (κ3) is 5.91. The van der Waals surface area contributed by atoms with E-state index in [4.69, 9.17) is 14.2 Å². The van der Waals surface area contributed by atoms with E-state index in [1.165, 1.54) is 37.3 Å². The lowest BCUT2D eigenvalue weighted by molar-refractivity contribution is -0.141. The van der Waals surface area contributed by atoms with E-state index in [0.717, 1.165) is 0 Å². The van der Waals surface area contributed by atoms with E-state index >= 15 is 0 Å². The van der Waals surface area contributed by atoms with Gasteiger partial charge in [-0.25, -0.2) is 4.39 Å². The maximum absolute atomic E-state index is 13.8. The van der Waals surface area contributed by atoms with E-state index < -0.39 is 41.8 Å². The summed E-state index contributed by atoms with van der Waals surface area (Å²) >= 11 is 0. The summed E-state index contributed by atoms with van der Waals surface area (Å²) in [7, 11) is 2.82. The molecule has 210 valence electrons. The van der Waals surface area contributed by atoms with Gasteiger partial charge in [0.05, 0.1) is 32.3 Å². The molecule has 4 N–H and O–H groups in total. The lowest BCUT2D eigenvalue weighted by Gasteiger charge is -2.40. The van der Waals surface area contributed by atoms with Crippen molar-refractivity contribution in [3.05, 3.63) is 70.6 Å². The van der Waals surface area contributed by atoms with Crippen LogP contribution in [0.1, 0.15) is 22.6 Å². The van der Waals surface area contributed by atoms with E-state index in [2.05, 4.69) is 5.32 Å². The van der Waals surface area contributed by atoms with Crippen molar-refractivity contribution in [2.45, 2.75) is 37.2 Å². The average molecular weight is 545 g/mol. The molecule has 0 radical (unpaired) electrons. The first-order chi connectivity index (χ1) is 18.8. The van der Waals surface area contributed by atoms with E-state index in [1.54, 1.807) is 24.3 Å². The molecule has 2 aliphatic rings. The number of nitrogens with zero attached hydrogens (tertiary/aromatic N) is 1. The van der Waals surface area contributed by atoms with Crippen molar-refractivity contribution >= 4 is 11.8 Å². The Labute approximate surface area is 225 Å². The van der Waals surface area contributed by atoms with Crippen LogP contribution in [-0.2, 0) is 27.4 Å². The second kappa shape index (κ2) is 12.6. The molecule has 2 aromatic rings. The molecule has 1 heterocycles. The fourth-order valence-electron chi connectivity index (χ4n) is 5.21. The lowest BCUT2D eigenvalue weighted by atomic mass is 9.77. The number of halogens is 1. The van der Waals surface area contributed by atoms with Gasteiger partial charge in [0.1, 0.15) is 24.6 Å². The zero-order valence-corrected chi connectivity index (χ0v) is 21.8. The summed E-state index contributed by atoms with van der Waals surface area (Å²) in [5.74, 6) is -1.39. The number of aliphatic hydroxyl groups excluding tert-OH is 3. The first-order valence-electron chi connectivity index (χ1n) is 12.6. The molecule has 39 heavy (non-hydrogen) atoms. The standard InChI is InChI=1S/C28H33FN2O8/c1-37-15-23(34)31(8-6-16-4-3-5-18(29)10-16)21-13-20(28(36)30-7-9-32)24-19-11-17(14-33)12-22(38-2)26(19)39-27(24)25(21)35/h3-5,10-13,21,24-25,27,32-33,35H,6-9,14-15H2,1-2H3,(H,30,36). The molecule has 0 aromatic heterocycles. The minimum atomic E-state index is -1.26. The van der Waals surface area contributed by atoms with Gasteiger partial charge in [-0.3, -0.25) is 9.59 Å². The van der Waals surface area contributed by atoms with E-state index in [0.29, 0.717) is 34.6 Å². The third-order valence-corrected chi connectivity index (χ3v) is 6.97. The molecule has 1 aliphatic carbocycles. The zero-order valence-electron chi connectivity index (χ0n) is 21.8. The van der Waals surface area contributed by atoms with Crippen LogP contribution in [0.4, 0.5) is 4.39 Å². The van der Waals surface area contributed by atoms with Crippen LogP contribution in [-0.4, -0.2) is 90.8 Å². The Hall–Kier alpha value is -3.51. The minimum absolute atomic E-state index is 0.000383. The molecule has 0 bridgehead atoms. The van der Waals surface area contributed by atoms with Crippen LogP contribution in [0.15, 0.2) is 48.0 Å². The van der Waals surface area contributed by atoms with Gasteiger partial charge >= 0.3 is 0 Å². The maximum atomic E-state index is 13.8. The molecule has 11 heteroatoms. The summed E-state index contributed by atoms with van der Waals surface area (Å²) in [6.45, 7) is -0.713. The van der Waals surface area contributed by atoms with Crippen LogP contribution < -0.4 is 14.8 Å². The summed E-state index contributed by atoms with van der Waals surface area (Å²) in [5, 5.41) is 33.3. The van der Waals surface area contributed by atoms with Crippen LogP contribution >= 0.6 is 0 Å². The second-order valence-corrected chi connectivity index (χ2v) is 9.42. The van der Waals surface area contributed by atoms with Crippen LogP contribution in [0.5, 0.6) is 11.5 Å². The first kappa shape index (κ1) is 28.5. The number of amides is 2. The molecule has 2 amide bonds. The maximum Gasteiger partial charge on any atom is 0.249 e. The van der Waals surface area contributed by atoms with E-state index in [1.807, 2.05) is 0 Å². The molecule has 4 rings (SSSR count). The van der Waals surface area contributed by atoms with E-state index in [9.17, 15) is 29.3 Å². The number of benzene rings is 2. The molecule has 0 saturated heterocycles. The van der Waals surface area contributed by atoms with Crippen LogP contribution in [0.3, 0.4) is 0 Å². The predicted molar refractivity (Wildman–Crippen MR) is 138 cm³/mol. The quantitative estimate of drug-likeness (QED) is 0.324. The van der Waals surface area contributed by atoms with Crippen molar-refractivity contribution in [3.63, 3.8) is 0 Å². The largest absolute Gasteiger partial charge is 0.493 e. The molecular weight excluding hydrogens is 511 g/mol. The highest BCUT2D eigenvalue weighted by atomic mass is 19.1. The van der Waals surface area contributed by atoms with Crippen LogP contribution in [0.2, 0.25) is 0 Å². The molecular formula is C28H33FN2O8. The van der Waals surface area contributed by atoms with Gasteiger partial charge in [-0.1, -0.05) is 12.1 Å². The minimum Gasteiger partial charge on any atom is -0.493 e. The zero-order chi connectivity index (χ0) is 28.1. The Morgan fingerprint density at radius 3 is 2.62 bits per heavy atom. The van der Waals surface area contributed by atoms with Gasteiger partial charge in [0, 0.05) is 31.3 Å². The number of rotatable bonds is 11. The number of nitrogens with one attached hydrogen (secondary N) is 1. The summed E-state index contributed by atoms with van der Waals surface area (Å²) in [6, 6.07) is 8.35. The Bertz CT molecular complexity index is 1240. The smallest absolute Gasteiger partial charge is 0.249 e. The van der Waals surface area contributed by atoms with Gasteiger partial charge in [0.2, 0.25) is 11.8 Å². The molecule has 10 nitrogen and oxygen atoms in total. The summed E-state index contributed by atoms with van der Waals surface area (Å²) in [6.07, 6.45) is -0.389. The van der Waals surface area contributed by atoms with Gasteiger partial charge in [-0.2, -0.15) is 0 Å². The highest BCUT2D eigenvalue weighted by molar-refractivity contribution is 5.96. The Balaban J connectivity index is 1.76. The number of carbonyl (C=O) groups excluding carboxylic acids is 2. The molecule has 4 unspecified atom stereocenters. The molecule has 1 aliphatic heterocycles. The molecule has 4 atom stereocenters. The molecule has 0 spiro atoms. The Kier molecular flexibility index (Phi) is 9.18. The van der Waals surface area contributed by atoms with Gasteiger partial charge in [0.15, 0.2) is 11.5 Å². The number of ether oxygens (including phenoxy) is 3. The lowest BCUT2D eigenvalue weighted by Crippen LogP contribution is -2.56. The summed E-state index contributed by atoms with van der Waals surface area (Å²) in [5.41, 5.74) is 1.99. The van der Waals surface area contributed by atoms with Gasteiger partial charge in [0.25, 0.3) is 0 Å². The topological polar surface area (TPSA) is 138 Å². The normalized spacial score (nSPS) is 21.3. The van der Waals surface area contributed by atoms with Crippen molar-refractivity contribution in [1.29, 1.82) is 0 Å². The van der Waals surface area contributed by atoms with E-state index in [-0.39, 0.29) is 38.5 Å². The highest BCUT2D eigenvalue weighted by Gasteiger charge is 2.51. The highest BCUT2D eigenvalue weighted by Crippen LogP contribution is 2.51. The fraction of sp³-hybridized carbons (Fsp3) is 0.429. The monoisotopic (exact) mass is 544 g/mol. The van der Waals surface area contributed by atoms with Crippen molar-refractivity contribution in [2.24, 2.45) is 0 Å². The molecule has 0 fully saturated rings. The number of hydrogen-bond donors (Lipinski definition) is 4. The SMILES string of the molecule is COCC(=O)N(CCc1cccc(F)c1)C1C=C(C(=O)NCCO)C2c3cc(CO)cc(OC)c3OC2C1O. The average Bonchev–Trinajstić information content (AvgIpc) is 3.32. The molecule has 0 saturated carbocycles.